The summed E-state index contributed by atoms with van der Waals surface area (Å²) in [5.41, 5.74) is 5.13. The van der Waals surface area contributed by atoms with Crippen LogP contribution in [0.3, 0.4) is 0 Å². The van der Waals surface area contributed by atoms with Gasteiger partial charge in [-0.15, -0.1) is 0 Å². The predicted molar refractivity (Wildman–Crippen MR) is 72.4 cm³/mol. The lowest BCUT2D eigenvalue weighted by atomic mass is 9.93. The van der Waals surface area contributed by atoms with Gasteiger partial charge in [0.05, 0.1) is 7.11 Å². The Bertz CT molecular complexity index is 294. The quantitative estimate of drug-likeness (QED) is 0.734. The summed E-state index contributed by atoms with van der Waals surface area (Å²) in [5.74, 6) is -0.337. The Kier molecular flexibility index (Phi) is 5.13. The van der Waals surface area contributed by atoms with Crippen molar-refractivity contribution >= 4 is 5.97 Å². The lowest BCUT2D eigenvalue weighted by Crippen LogP contribution is -2.56. The minimum Gasteiger partial charge on any atom is -0.468 e. The smallest absolute Gasteiger partial charge is 0.325 e. The maximum atomic E-state index is 11.6. The number of nitrogens with two attached hydrogens (primary N) is 1. The van der Waals surface area contributed by atoms with Gasteiger partial charge in [-0.05, 0) is 34.2 Å². The van der Waals surface area contributed by atoms with Crippen molar-refractivity contribution in [3.05, 3.63) is 0 Å². The van der Waals surface area contributed by atoms with Gasteiger partial charge in [0.1, 0.15) is 5.54 Å². The molecule has 3 unspecified atom stereocenters. The van der Waals surface area contributed by atoms with Gasteiger partial charge in [-0.1, -0.05) is 0 Å². The van der Waals surface area contributed by atoms with Gasteiger partial charge in [0.25, 0.3) is 0 Å². The summed E-state index contributed by atoms with van der Waals surface area (Å²) in [6, 6.07) is 0.832. The average molecular weight is 257 g/mol. The number of hydrogen-bond donors (Lipinski definition) is 1. The zero-order valence-corrected chi connectivity index (χ0v) is 12.3. The van der Waals surface area contributed by atoms with Gasteiger partial charge in [0.15, 0.2) is 0 Å². The number of carbonyl (C=O) groups is 1. The molecule has 5 nitrogen and oxygen atoms in total. The highest BCUT2D eigenvalue weighted by Crippen LogP contribution is 2.18. The fraction of sp³-hybridized carbons (Fsp3) is 0.923. The Balaban J connectivity index is 2.55. The van der Waals surface area contributed by atoms with Gasteiger partial charge in [-0.2, -0.15) is 0 Å². The molecule has 1 aliphatic rings. The van der Waals surface area contributed by atoms with Crippen molar-refractivity contribution in [3.63, 3.8) is 0 Å². The van der Waals surface area contributed by atoms with E-state index in [4.69, 9.17) is 10.5 Å². The number of nitrogens with zero attached hydrogens (tertiary/aromatic N) is 2. The van der Waals surface area contributed by atoms with Crippen molar-refractivity contribution in [2.24, 2.45) is 5.73 Å². The van der Waals surface area contributed by atoms with Crippen molar-refractivity contribution < 1.29 is 9.53 Å². The van der Waals surface area contributed by atoms with Crippen LogP contribution in [-0.4, -0.2) is 67.2 Å². The van der Waals surface area contributed by atoms with Crippen LogP contribution in [0.25, 0.3) is 0 Å². The summed E-state index contributed by atoms with van der Waals surface area (Å²) < 4.78 is 4.75. The third-order valence-corrected chi connectivity index (χ3v) is 3.99. The summed E-state index contributed by atoms with van der Waals surface area (Å²) in [7, 11) is 3.53. The molecule has 0 aromatic carbocycles. The molecule has 3 atom stereocenters. The molecule has 0 bridgehead atoms. The van der Waals surface area contributed by atoms with E-state index in [0.29, 0.717) is 12.5 Å². The van der Waals surface area contributed by atoms with Crippen molar-refractivity contribution in [1.29, 1.82) is 0 Å². The van der Waals surface area contributed by atoms with Crippen LogP contribution in [0, 0.1) is 0 Å². The summed E-state index contributed by atoms with van der Waals surface area (Å²) in [4.78, 5) is 16.3. The Morgan fingerprint density at radius 2 is 2.17 bits per heavy atom. The van der Waals surface area contributed by atoms with E-state index in [1.165, 1.54) is 7.11 Å². The maximum absolute atomic E-state index is 11.6. The molecule has 0 spiro atoms. The van der Waals surface area contributed by atoms with E-state index in [1.807, 2.05) is 0 Å². The number of ether oxygens (including phenoxy) is 1. The van der Waals surface area contributed by atoms with Crippen molar-refractivity contribution in [2.75, 3.05) is 33.8 Å². The molecule has 0 aromatic heterocycles. The first-order valence-electron chi connectivity index (χ1n) is 6.59. The summed E-state index contributed by atoms with van der Waals surface area (Å²) >= 11 is 0. The topological polar surface area (TPSA) is 58.8 Å². The molecule has 0 aromatic rings. The molecular formula is C13H27N3O2. The molecule has 1 saturated heterocycles. The van der Waals surface area contributed by atoms with E-state index in [-0.39, 0.29) is 12.0 Å². The molecule has 1 fully saturated rings. The van der Waals surface area contributed by atoms with E-state index in [0.717, 1.165) is 19.6 Å². The highest BCUT2D eigenvalue weighted by molar-refractivity contribution is 5.79. The normalized spacial score (nSPS) is 27.6. The lowest BCUT2D eigenvalue weighted by Gasteiger charge is -2.42. The van der Waals surface area contributed by atoms with Crippen LogP contribution in [0.1, 0.15) is 27.2 Å². The second-order valence-corrected chi connectivity index (χ2v) is 5.79. The maximum Gasteiger partial charge on any atom is 0.325 e. The molecule has 106 valence electrons. The Labute approximate surface area is 110 Å². The van der Waals surface area contributed by atoms with E-state index >= 15 is 0 Å². The molecule has 0 aliphatic carbocycles. The third-order valence-electron chi connectivity index (χ3n) is 3.99. The highest BCUT2D eigenvalue weighted by atomic mass is 16.5. The zero-order chi connectivity index (χ0) is 13.9. The number of piperazine rings is 1. The summed E-state index contributed by atoms with van der Waals surface area (Å²) in [6.07, 6.45) is 0.621. The third kappa shape index (κ3) is 3.67. The molecular weight excluding hydrogens is 230 g/mol. The average Bonchev–Trinajstić information content (AvgIpc) is 2.30. The largest absolute Gasteiger partial charge is 0.468 e. The number of esters is 1. The standard InChI is InChI=1S/C13H27N3O2/c1-10(8-13(3,14)12(17)18-5)16-7-6-15(4)11(2)9-16/h10-11H,6-9,14H2,1-5H3. The van der Waals surface area contributed by atoms with E-state index in [2.05, 4.69) is 30.7 Å². The summed E-state index contributed by atoms with van der Waals surface area (Å²) in [5, 5.41) is 0. The number of methoxy groups -OCH3 is 1. The predicted octanol–water partition coefficient (Wildman–Crippen LogP) is 0.291. The van der Waals surface area contributed by atoms with E-state index < -0.39 is 5.54 Å². The lowest BCUT2D eigenvalue weighted by molar-refractivity contribution is -0.147. The fourth-order valence-electron chi connectivity index (χ4n) is 2.54. The minimum atomic E-state index is -0.902. The van der Waals surface area contributed by atoms with Gasteiger partial charge in [0.2, 0.25) is 0 Å². The van der Waals surface area contributed by atoms with Gasteiger partial charge in [-0.25, -0.2) is 0 Å². The second-order valence-electron chi connectivity index (χ2n) is 5.79. The van der Waals surface area contributed by atoms with Gasteiger partial charge in [-0.3, -0.25) is 9.69 Å². The monoisotopic (exact) mass is 257 g/mol. The van der Waals surface area contributed by atoms with Gasteiger partial charge >= 0.3 is 5.97 Å². The Morgan fingerprint density at radius 3 is 2.67 bits per heavy atom. The molecule has 0 saturated carbocycles. The first kappa shape index (κ1) is 15.4. The fourth-order valence-corrected chi connectivity index (χ4v) is 2.54. The van der Waals surface area contributed by atoms with Crippen LogP contribution in [-0.2, 0) is 9.53 Å². The molecule has 0 amide bonds. The SMILES string of the molecule is COC(=O)C(C)(N)CC(C)N1CCN(C)C(C)C1. The first-order chi connectivity index (χ1) is 8.27. The van der Waals surface area contributed by atoms with Crippen molar-refractivity contribution in [2.45, 2.75) is 44.8 Å². The van der Waals surface area contributed by atoms with Gasteiger partial charge < -0.3 is 15.4 Å². The van der Waals surface area contributed by atoms with Crippen LogP contribution < -0.4 is 5.73 Å². The van der Waals surface area contributed by atoms with Crippen molar-refractivity contribution in [3.8, 4) is 0 Å². The van der Waals surface area contributed by atoms with E-state index in [9.17, 15) is 4.79 Å². The minimum absolute atomic E-state index is 0.287. The zero-order valence-electron chi connectivity index (χ0n) is 12.3. The van der Waals surface area contributed by atoms with Crippen LogP contribution >= 0.6 is 0 Å². The number of rotatable bonds is 4. The number of carbonyl (C=O) groups excluding carboxylic acids is 1. The van der Waals surface area contributed by atoms with Crippen LogP contribution in [0.2, 0.25) is 0 Å². The van der Waals surface area contributed by atoms with E-state index in [1.54, 1.807) is 6.92 Å². The molecule has 18 heavy (non-hydrogen) atoms. The Hall–Kier alpha value is -0.650. The Morgan fingerprint density at radius 1 is 1.56 bits per heavy atom. The second kappa shape index (κ2) is 5.99. The van der Waals surface area contributed by atoms with Crippen LogP contribution in [0.4, 0.5) is 0 Å². The molecule has 0 radical (unpaired) electrons. The highest BCUT2D eigenvalue weighted by Gasteiger charge is 2.34. The van der Waals surface area contributed by atoms with Crippen molar-refractivity contribution in [1.82, 2.24) is 9.80 Å². The molecule has 1 heterocycles. The molecule has 2 N–H and O–H groups in total. The van der Waals surface area contributed by atoms with Crippen LogP contribution in [0.5, 0.6) is 0 Å². The first-order valence-corrected chi connectivity index (χ1v) is 6.59. The number of hydrogen-bond acceptors (Lipinski definition) is 5. The van der Waals surface area contributed by atoms with Crippen LogP contribution in [0.15, 0.2) is 0 Å². The number of likely N-dealkylation sites (N-methyl/N-ethyl adjacent to an activating group) is 1. The molecule has 5 heteroatoms. The van der Waals surface area contributed by atoms with Gasteiger partial charge in [0, 0.05) is 31.7 Å². The molecule has 1 aliphatic heterocycles. The summed E-state index contributed by atoms with van der Waals surface area (Å²) in [6.45, 7) is 9.21. The molecule has 1 rings (SSSR count).